The summed E-state index contributed by atoms with van der Waals surface area (Å²) in [5.41, 5.74) is 7.25. The first-order valence-corrected chi connectivity index (χ1v) is 4.80. The number of hydrogen-bond donors (Lipinski definition) is 1. The Labute approximate surface area is 84.9 Å². The molecule has 1 nitrogen and oxygen atoms in total. The minimum Gasteiger partial charge on any atom is -0.324 e. The number of halogens is 1. The van der Waals surface area contributed by atoms with E-state index in [9.17, 15) is 0 Å². The molecule has 0 bridgehead atoms. The number of nitrogens with two attached hydrogens (primary N) is 1. The van der Waals surface area contributed by atoms with Gasteiger partial charge in [-0.25, -0.2) is 0 Å². The third kappa shape index (κ3) is 2.71. The fourth-order valence-electron chi connectivity index (χ4n) is 1.20. The number of benzene rings is 1. The highest BCUT2D eigenvalue weighted by molar-refractivity contribution is 6.30. The Morgan fingerprint density at radius 3 is 2.38 bits per heavy atom. The van der Waals surface area contributed by atoms with Crippen molar-refractivity contribution in [2.24, 2.45) is 11.1 Å². The summed E-state index contributed by atoms with van der Waals surface area (Å²) in [7, 11) is 0. The van der Waals surface area contributed by atoms with Gasteiger partial charge in [0.1, 0.15) is 0 Å². The molecule has 0 amide bonds. The lowest BCUT2D eigenvalue weighted by molar-refractivity contribution is 0.327. The molecule has 0 spiro atoms. The zero-order valence-electron chi connectivity index (χ0n) is 8.34. The van der Waals surface area contributed by atoms with Gasteiger partial charge in [-0.3, -0.25) is 0 Å². The molecule has 0 aliphatic heterocycles. The zero-order chi connectivity index (χ0) is 10.1. The second-order valence-electron chi connectivity index (χ2n) is 4.40. The Hall–Kier alpha value is -0.530. The van der Waals surface area contributed by atoms with Crippen LogP contribution < -0.4 is 5.73 Å². The van der Waals surface area contributed by atoms with Crippen molar-refractivity contribution in [3.63, 3.8) is 0 Å². The van der Waals surface area contributed by atoms with Crippen molar-refractivity contribution in [3.8, 4) is 0 Å². The molecule has 13 heavy (non-hydrogen) atoms. The molecule has 2 heteroatoms. The maximum absolute atomic E-state index is 6.08. The molecule has 1 atom stereocenters. The lowest BCUT2D eigenvalue weighted by Crippen LogP contribution is -2.26. The quantitative estimate of drug-likeness (QED) is 0.734. The summed E-state index contributed by atoms with van der Waals surface area (Å²) < 4.78 is 0. The van der Waals surface area contributed by atoms with Crippen molar-refractivity contribution in [1.29, 1.82) is 0 Å². The molecule has 0 saturated carbocycles. The summed E-state index contributed by atoms with van der Waals surface area (Å²) in [6, 6.07) is 7.77. The fourth-order valence-corrected chi connectivity index (χ4v) is 1.40. The Morgan fingerprint density at radius 1 is 1.31 bits per heavy atom. The smallest absolute Gasteiger partial charge is 0.0409 e. The van der Waals surface area contributed by atoms with Crippen LogP contribution in [0.4, 0.5) is 0 Å². The van der Waals surface area contributed by atoms with Gasteiger partial charge in [0.25, 0.3) is 0 Å². The normalized spacial score (nSPS) is 14.2. The average molecular weight is 198 g/mol. The average Bonchev–Trinajstić information content (AvgIpc) is 2.01. The second-order valence-corrected chi connectivity index (χ2v) is 4.84. The minimum absolute atomic E-state index is 0.0335. The summed E-state index contributed by atoms with van der Waals surface area (Å²) in [5, 5.41) is 0.747. The van der Waals surface area contributed by atoms with E-state index in [1.54, 1.807) is 0 Å². The van der Waals surface area contributed by atoms with Gasteiger partial charge in [0, 0.05) is 11.1 Å². The van der Waals surface area contributed by atoms with E-state index in [1.165, 1.54) is 0 Å². The van der Waals surface area contributed by atoms with E-state index in [4.69, 9.17) is 17.3 Å². The van der Waals surface area contributed by atoms with Crippen LogP contribution in [0.5, 0.6) is 0 Å². The van der Waals surface area contributed by atoms with Crippen LogP contribution in [0.25, 0.3) is 0 Å². The lowest BCUT2D eigenvalue weighted by atomic mass is 9.83. The highest BCUT2D eigenvalue weighted by Gasteiger charge is 2.21. The van der Waals surface area contributed by atoms with Gasteiger partial charge in [-0.15, -0.1) is 0 Å². The van der Waals surface area contributed by atoms with Gasteiger partial charge in [0.05, 0.1) is 0 Å². The minimum atomic E-state index is 0.0335. The molecule has 1 aromatic rings. The molecule has 0 aliphatic rings. The van der Waals surface area contributed by atoms with Crippen LogP contribution in [0.1, 0.15) is 32.4 Å². The molecule has 0 aliphatic carbocycles. The predicted octanol–water partition coefficient (Wildman–Crippen LogP) is 3.39. The predicted molar refractivity (Wildman–Crippen MR) is 57.8 cm³/mol. The molecule has 0 saturated heterocycles. The maximum Gasteiger partial charge on any atom is 0.0409 e. The van der Waals surface area contributed by atoms with Gasteiger partial charge in [0.15, 0.2) is 0 Å². The first-order chi connectivity index (χ1) is 5.91. The van der Waals surface area contributed by atoms with Crippen molar-refractivity contribution in [2.45, 2.75) is 26.8 Å². The van der Waals surface area contributed by atoms with E-state index in [0.29, 0.717) is 0 Å². The first kappa shape index (κ1) is 10.6. The van der Waals surface area contributed by atoms with Crippen molar-refractivity contribution in [3.05, 3.63) is 34.9 Å². The summed E-state index contributed by atoms with van der Waals surface area (Å²) >= 11 is 5.88. The van der Waals surface area contributed by atoms with Crippen LogP contribution in [-0.4, -0.2) is 0 Å². The Balaban J connectivity index is 2.96. The van der Waals surface area contributed by atoms with Gasteiger partial charge in [0.2, 0.25) is 0 Å². The molecule has 72 valence electrons. The van der Waals surface area contributed by atoms with E-state index >= 15 is 0 Å². The Morgan fingerprint density at radius 2 is 1.92 bits per heavy atom. The number of hydrogen-bond acceptors (Lipinski definition) is 1. The SMILES string of the molecule is CC(C)(C)[C@@H](N)c1cccc(Cl)c1. The topological polar surface area (TPSA) is 26.0 Å². The summed E-state index contributed by atoms with van der Waals surface area (Å²) in [4.78, 5) is 0. The highest BCUT2D eigenvalue weighted by Crippen LogP contribution is 2.31. The van der Waals surface area contributed by atoms with Crippen LogP contribution in [0, 0.1) is 5.41 Å². The van der Waals surface area contributed by atoms with Gasteiger partial charge >= 0.3 is 0 Å². The van der Waals surface area contributed by atoms with E-state index in [1.807, 2.05) is 24.3 Å². The van der Waals surface area contributed by atoms with Crippen LogP contribution in [-0.2, 0) is 0 Å². The third-order valence-corrected chi connectivity index (χ3v) is 2.38. The molecule has 0 aromatic heterocycles. The number of rotatable bonds is 1. The van der Waals surface area contributed by atoms with Crippen molar-refractivity contribution in [2.75, 3.05) is 0 Å². The van der Waals surface area contributed by atoms with E-state index in [2.05, 4.69) is 20.8 Å². The van der Waals surface area contributed by atoms with Crippen molar-refractivity contribution >= 4 is 11.6 Å². The molecular formula is C11H16ClN. The van der Waals surface area contributed by atoms with Gasteiger partial charge in [-0.05, 0) is 23.1 Å². The van der Waals surface area contributed by atoms with Gasteiger partial charge in [-0.1, -0.05) is 44.5 Å². The second kappa shape index (κ2) is 3.69. The summed E-state index contributed by atoms with van der Waals surface area (Å²) in [6.45, 7) is 6.37. The largest absolute Gasteiger partial charge is 0.324 e. The van der Waals surface area contributed by atoms with Crippen molar-refractivity contribution < 1.29 is 0 Å². The van der Waals surface area contributed by atoms with Gasteiger partial charge < -0.3 is 5.73 Å². The van der Waals surface area contributed by atoms with E-state index in [-0.39, 0.29) is 11.5 Å². The molecule has 0 unspecified atom stereocenters. The first-order valence-electron chi connectivity index (χ1n) is 4.42. The fraction of sp³-hybridized carbons (Fsp3) is 0.455. The standard InChI is InChI=1S/C11H16ClN/c1-11(2,3)10(13)8-5-4-6-9(12)7-8/h4-7,10H,13H2,1-3H3/t10-/m0/s1. The molecular weight excluding hydrogens is 182 g/mol. The molecule has 1 aromatic carbocycles. The highest BCUT2D eigenvalue weighted by atomic mass is 35.5. The molecule has 0 heterocycles. The van der Waals surface area contributed by atoms with Gasteiger partial charge in [-0.2, -0.15) is 0 Å². The Kier molecular flexibility index (Phi) is 2.99. The zero-order valence-corrected chi connectivity index (χ0v) is 9.10. The molecule has 0 radical (unpaired) electrons. The van der Waals surface area contributed by atoms with E-state index < -0.39 is 0 Å². The third-order valence-electron chi connectivity index (χ3n) is 2.14. The maximum atomic E-state index is 6.08. The van der Waals surface area contributed by atoms with Crippen LogP contribution in [0.3, 0.4) is 0 Å². The Bertz CT molecular complexity index is 288. The molecule has 0 fully saturated rings. The van der Waals surface area contributed by atoms with Crippen LogP contribution in [0.15, 0.2) is 24.3 Å². The van der Waals surface area contributed by atoms with E-state index in [0.717, 1.165) is 10.6 Å². The molecule has 2 N–H and O–H groups in total. The lowest BCUT2D eigenvalue weighted by Gasteiger charge is -2.27. The summed E-state index contributed by atoms with van der Waals surface area (Å²) in [6.07, 6.45) is 0. The molecule has 1 rings (SSSR count). The monoisotopic (exact) mass is 197 g/mol. The summed E-state index contributed by atoms with van der Waals surface area (Å²) in [5.74, 6) is 0. The van der Waals surface area contributed by atoms with Crippen molar-refractivity contribution in [1.82, 2.24) is 0 Å². The van der Waals surface area contributed by atoms with Crippen LogP contribution in [0.2, 0.25) is 5.02 Å². The van der Waals surface area contributed by atoms with Crippen LogP contribution >= 0.6 is 11.6 Å².